The fourth-order valence-corrected chi connectivity index (χ4v) is 2.09. The van der Waals surface area contributed by atoms with Crippen molar-refractivity contribution in [1.82, 2.24) is 0 Å². The van der Waals surface area contributed by atoms with E-state index in [9.17, 15) is 30.0 Å². The maximum atomic E-state index is 11.3. The molecule has 1 aliphatic carbocycles. The van der Waals surface area contributed by atoms with E-state index in [1.807, 2.05) is 0 Å². The lowest BCUT2D eigenvalue weighted by atomic mass is 9.75. The monoisotopic (exact) mass is 276 g/mol. The molecule has 0 unspecified atom stereocenters. The summed E-state index contributed by atoms with van der Waals surface area (Å²) < 4.78 is 0. The van der Waals surface area contributed by atoms with Gasteiger partial charge in [-0.05, 0) is 29.3 Å². The SMILES string of the molecule is O=C(O)C1(C(=O)O)CC(c2ccc(O)cc2)=CC=C1O. The van der Waals surface area contributed by atoms with Crippen molar-refractivity contribution in [1.29, 1.82) is 0 Å². The van der Waals surface area contributed by atoms with Crippen LogP contribution >= 0.6 is 0 Å². The number of phenols is 1. The third-order valence-corrected chi connectivity index (χ3v) is 3.30. The molecule has 6 nitrogen and oxygen atoms in total. The Morgan fingerprint density at radius 1 is 0.950 bits per heavy atom. The lowest BCUT2D eigenvalue weighted by Crippen LogP contribution is -2.42. The van der Waals surface area contributed by atoms with Crippen LogP contribution in [0.4, 0.5) is 0 Å². The predicted octanol–water partition coefficient (Wildman–Crippen LogP) is 1.78. The minimum absolute atomic E-state index is 0.0475. The number of aliphatic carboxylic acids is 2. The van der Waals surface area contributed by atoms with Crippen LogP contribution in [0.1, 0.15) is 12.0 Å². The Hall–Kier alpha value is -2.76. The lowest BCUT2D eigenvalue weighted by Gasteiger charge is -2.28. The number of phenolic OH excluding ortho intramolecular Hbond substituents is 1. The second-order valence-corrected chi connectivity index (χ2v) is 4.48. The molecule has 0 aromatic heterocycles. The summed E-state index contributed by atoms with van der Waals surface area (Å²) in [5.41, 5.74) is -1.34. The molecule has 0 saturated carbocycles. The molecule has 1 aromatic rings. The Morgan fingerprint density at radius 2 is 1.50 bits per heavy atom. The molecule has 104 valence electrons. The molecule has 0 amide bonds. The van der Waals surface area contributed by atoms with E-state index in [4.69, 9.17) is 0 Å². The van der Waals surface area contributed by atoms with Crippen molar-refractivity contribution in [2.75, 3.05) is 0 Å². The minimum atomic E-state index is -2.37. The molecule has 0 bridgehead atoms. The van der Waals surface area contributed by atoms with Gasteiger partial charge in [-0.3, -0.25) is 9.59 Å². The highest BCUT2D eigenvalue weighted by molar-refractivity contribution is 6.04. The van der Waals surface area contributed by atoms with Crippen LogP contribution in [0.5, 0.6) is 5.75 Å². The standard InChI is InChI=1S/C14H12O6/c15-10-4-1-8(2-5-10)9-3-6-11(16)14(7-9,12(17)18)13(19)20/h1-6,15-16H,7H2,(H,17,18)(H,19,20). The van der Waals surface area contributed by atoms with Gasteiger partial charge in [0.2, 0.25) is 5.41 Å². The third-order valence-electron chi connectivity index (χ3n) is 3.30. The molecule has 1 aromatic carbocycles. The van der Waals surface area contributed by atoms with Crippen LogP contribution in [0.2, 0.25) is 0 Å². The molecule has 0 atom stereocenters. The zero-order chi connectivity index (χ0) is 14.9. The van der Waals surface area contributed by atoms with Crippen molar-refractivity contribution >= 4 is 17.5 Å². The molecule has 0 heterocycles. The second-order valence-electron chi connectivity index (χ2n) is 4.48. The van der Waals surface area contributed by atoms with Gasteiger partial charge in [-0.2, -0.15) is 0 Å². The number of hydrogen-bond acceptors (Lipinski definition) is 4. The van der Waals surface area contributed by atoms with Crippen LogP contribution < -0.4 is 0 Å². The number of rotatable bonds is 3. The maximum absolute atomic E-state index is 11.3. The molecule has 20 heavy (non-hydrogen) atoms. The van der Waals surface area contributed by atoms with E-state index in [1.54, 1.807) is 12.1 Å². The number of allylic oxidation sites excluding steroid dienone is 3. The number of aromatic hydroxyl groups is 1. The van der Waals surface area contributed by atoms with Crippen molar-refractivity contribution < 1.29 is 30.0 Å². The largest absolute Gasteiger partial charge is 0.510 e. The zero-order valence-corrected chi connectivity index (χ0v) is 10.3. The number of benzene rings is 1. The van der Waals surface area contributed by atoms with Crippen LogP contribution in [0, 0.1) is 5.41 Å². The quantitative estimate of drug-likeness (QED) is 0.625. The molecule has 0 radical (unpaired) electrons. The van der Waals surface area contributed by atoms with E-state index < -0.39 is 23.1 Å². The fraction of sp³-hybridized carbons (Fsp3) is 0.143. The van der Waals surface area contributed by atoms with Crippen molar-refractivity contribution in [3.8, 4) is 5.75 Å². The first kappa shape index (κ1) is 13.7. The molecule has 6 heteroatoms. The van der Waals surface area contributed by atoms with Gasteiger partial charge in [-0.15, -0.1) is 0 Å². The number of carbonyl (C=O) groups is 2. The zero-order valence-electron chi connectivity index (χ0n) is 10.3. The molecular formula is C14H12O6. The number of hydrogen-bond donors (Lipinski definition) is 4. The van der Waals surface area contributed by atoms with Gasteiger partial charge in [-0.25, -0.2) is 0 Å². The topological polar surface area (TPSA) is 115 Å². The van der Waals surface area contributed by atoms with Crippen molar-refractivity contribution in [3.63, 3.8) is 0 Å². The summed E-state index contributed by atoms with van der Waals surface area (Å²) in [6.45, 7) is 0. The number of aliphatic hydroxyl groups excluding tert-OH is 1. The Labute approximate surface area is 113 Å². The maximum Gasteiger partial charge on any atom is 0.329 e. The van der Waals surface area contributed by atoms with Gasteiger partial charge in [-0.1, -0.05) is 18.2 Å². The van der Waals surface area contributed by atoms with Gasteiger partial charge in [0.25, 0.3) is 0 Å². The van der Waals surface area contributed by atoms with Gasteiger partial charge < -0.3 is 20.4 Å². The Balaban J connectivity index is 2.48. The molecule has 0 spiro atoms. The average molecular weight is 276 g/mol. The summed E-state index contributed by atoms with van der Waals surface area (Å²) in [5.74, 6) is -3.91. The summed E-state index contributed by atoms with van der Waals surface area (Å²) in [7, 11) is 0. The van der Waals surface area contributed by atoms with Crippen LogP contribution in [-0.4, -0.2) is 32.4 Å². The van der Waals surface area contributed by atoms with Crippen molar-refractivity contribution in [2.45, 2.75) is 6.42 Å². The van der Waals surface area contributed by atoms with Crippen molar-refractivity contribution in [3.05, 3.63) is 47.7 Å². The predicted molar refractivity (Wildman–Crippen MR) is 69.1 cm³/mol. The first-order valence-corrected chi connectivity index (χ1v) is 5.74. The molecule has 0 fully saturated rings. The van der Waals surface area contributed by atoms with Gasteiger partial charge in [0.15, 0.2) is 0 Å². The van der Waals surface area contributed by atoms with Crippen LogP contribution in [0.3, 0.4) is 0 Å². The Morgan fingerprint density at radius 3 is 2.00 bits per heavy atom. The highest BCUT2D eigenvalue weighted by Gasteiger charge is 2.52. The summed E-state index contributed by atoms with van der Waals surface area (Å²) in [6.07, 6.45) is 2.17. The van der Waals surface area contributed by atoms with Crippen LogP contribution in [0.15, 0.2) is 42.2 Å². The lowest BCUT2D eigenvalue weighted by molar-refractivity contribution is -0.163. The van der Waals surface area contributed by atoms with E-state index in [0.29, 0.717) is 11.1 Å². The van der Waals surface area contributed by atoms with E-state index in [2.05, 4.69) is 0 Å². The first-order valence-electron chi connectivity index (χ1n) is 5.74. The smallest absolute Gasteiger partial charge is 0.329 e. The third kappa shape index (κ3) is 2.01. The van der Waals surface area contributed by atoms with E-state index >= 15 is 0 Å². The summed E-state index contributed by atoms with van der Waals surface area (Å²) in [6, 6.07) is 5.92. The molecule has 2 rings (SSSR count). The molecule has 0 saturated heterocycles. The van der Waals surface area contributed by atoms with E-state index in [0.717, 1.165) is 6.08 Å². The normalized spacial score (nSPS) is 17.0. The van der Waals surface area contributed by atoms with Crippen molar-refractivity contribution in [2.24, 2.45) is 5.41 Å². The fourth-order valence-electron chi connectivity index (χ4n) is 2.09. The Kier molecular flexibility index (Phi) is 3.23. The Bertz CT molecular complexity index is 610. The summed E-state index contributed by atoms with van der Waals surface area (Å²) >= 11 is 0. The van der Waals surface area contributed by atoms with Gasteiger partial charge in [0.05, 0.1) is 0 Å². The molecular weight excluding hydrogens is 264 g/mol. The molecule has 4 N–H and O–H groups in total. The number of aliphatic hydroxyl groups is 1. The van der Waals surface area contributed by atoms with Crippen LogP contribution in [0.25, 0.3) is 5.57 Å². The number of carboxylic acid groups (broad SMARTS) is 2. The van der Waals surface area contributed by atoms with E-state index in [-0.39, 0.29) is 12.2 Å². The van der Waals surface area contributed by atoms with Gasteiger partial charge in [0, 0.05) is 6.42 Å². The van der Waals surface area contributed by atoms with Gasteiger partial charge >= 0.3 is 11.9 Å². The first-order chi connectivity index (χ1) is 9.37. The molecule has 0 aliphatic heterocycles. The second kappa shape index (κ2) is 4.73. The number of carboxylic acids is 2. The van der Waals surface area contributed by atoms with Gasteiger partial charge in [0.1, 0.15) is 11.5 Å². The molecule has 1 aliphatic rings. The minimum Gasteiger partial charge on any atom is -0.510 e. The highest BCUT2D eigenvalue weighted by atomic mass is 16.4. The van der Waals surface area contributed by atoms with Crippen LogP contribution in [-0.2, 0) is 9.59 Å². The van der Waals surface area contributed by atoms with E-state index in [1.165, 1.54) is 18.2 Å². The highest BCUT2D eigenvalue weighted by Crippen LogP contribution is 2.41. The average Bonchev–Trinajstić information content (AvgIpc) is 2.39. The summed E-state index contributed by atoms with van der Waals surface area (Å²) in [4.78, 5) is 22.6. The summed E-state index contributed by atoms with van der Waals surface area (Å²) in [5, 5.41) is 37.3.